The highest BCUT2D eigenvalue weighted by Crippen LogP contribution is 2.37. The molecule has 4 nitrogen and oxygen atoms in total. The van der Waals surface area contributed by atoms with E-state index in [4.69, 9.17) is 4.74 Å². The summed E-state index contributed by atoms with van der Waals surface area (Å²) in [6.07, 6.45) is 3.20. The Hall–Kier alpha value is -2.27. The summed E-state index contributed by atoms with van der Waals surface area (Å²) < 4.78 is 5.75. The molecule has 2 aromatic rings. The molecule has 0 spiro atoms. The van der Waals surface area contributed by atoms with Crippen LogP contribution in [-0.4, -0.2) is 36.1 Å². The van der Waals surface area contributed by atoms with Crippen LogP contribution in [0.4, 0.5) is 0 Å². The van der Waals surface area contributed by atoms with Gasteiger partial charge < -0.3 is 9.64 Å². The van der Waals surface area contributed by atoms with E-state index in [0.29, 0.717) is 25.9 Å². The molecule has 1 saturated heterocycles. The number of thioether (sulfide) groups is 1. The van der Waals surface area contributed by atoms with Gasteiger partial charge in [0.25, 0.3) is 0 Å². The first-order chi connectivity index (χ1) is 13.0. The predicted molar refractivity (Wildman–Crippen MR) is 108 cm³/mol. The molecular weight excluding hydrogens is 358 g/mol. The van der Waals surface area contributed by atoms with Crippen LogP contribution in [0, 0.1) is 0 Å². The van der Waals surface area contributed by atoms with Crippen molar-refractivity contribution in [2.45, 2.75) is 36.7 Å². The zero-order chi connectivity index (χ0) is 19.3. The van der Waals surface area contributed by atoms with E-state index < -0.39 is 5.41 Å². The normalized spacial score (nSPS) is 16.0. The number of carbonyl (C=O) groups is 2. The minimum atomic E-state index is -0.688. The van der Waals surface area contributed by atoms with E-state index in [2.05, 4.69) is 0 Å². The third-order valence-electron chi connectivity index (χ3n) is 5.31. The van der Waals surface area contributed by atoms with E-state index in [1.54, 1.807) is 23.6 Å². The molecule has 142 valence electrons. The minimum Gasteiger partial charge on any atom is -0.460 e. The van der Waals surface area contributed by atoms with Crippen molar-refractivity contribution in [3.63, 3.8) is 0 Å². The van der Waals surface area contributed by atoms with Crippen LogP contribution >= 0.6 is 11.8 Å². The summed E-state index contributed by atoms with van der Waals surface area (Å²) in [5, 5.41) is 0. The van der Waals surface area contributed by atoms with Crippen molar-refractivity contribution < 1.29 is 14.3 Å². The molecule has 0 atom stereocenters. The third kappa shape index (κ3) is 4.35. The van der Waals surface area contributed by atoms with Gasteiger partial charge in [0.05, 0.1) is 5.41 Å². The van der Waals surface area contributed by atoms with Crippen molar-refractivity contribution in [2.24, 2.45) is 0 Å². The molecule has 0 radical (unpaired) electrons. The number of hydrogen-bond acceptors (Lipinski definition) is 4. The molecule has 1 fully saturated rings. The quantitative estimate of drug-likeness (QED) is 0.578. The Bertz CT molecular complexity index is 781. The van der Waals surface area contributed by atoms with Crippen molar-refractivity contribution in [3.8, 4) is 0 Å². The molecule has 0 aromatic heterocycles. The molecule has 0 aliphatic carbocycles. The Morgan fingerprint density at radius 2 is 1.67 bits per heavy atom. The van der Waals surface area contributed by atoms with Gasteiger partial charge in [-0.15, -0.1) is 11.8 Å². The van der Waals surface area contributed by atoms with Crippen LogP contribution in [0.25, 0.3) is 0 Å². The van der Waals surface area contributed by atoms with Crippen molar-refractivity contribution in [1.82, 2.24) is 4.90 Å². The number of nitrogens with zero attached hydrogens (tertiary/aromatic N) is 1. The molecule has 1 aliphatic heterocycles. The SMILES string of the molecule is CSc1ccc(COC(=O)C2(c3ccccc3)CCN(C(C)=O)CC2)cc1. The maximum absolute atomic E-state index is 13.2. The van der Waals surface area contributed by atoms with Gasteiger partial charge in [-0.3, -0.25) is 9.59 Å². The van der Waals surface area contributed by atoms with Gasteiger partial charge in [-0.1, -0.05) is 42.5 Å². The second-order valence-corrected chi connectivity index (χ2v) is 7.76. The number of amides is 1. The predicted octanol–water partition coefficient (Wildman–Crippen LogP) is 4.03. The van der Waals surface area contributed by atoms with Crippen LogP contribution in [0.2, 0.25) is 0 Å². The molecule has 0 unspecified atom stereocenters. The average molecular weight is 384 g/mol. The Balaban J connectivity index is 1.76. The zero-order valence-corrected chi connectivity index (χ0v) is 16.6. The van der Waals surface area contributed by atoms with Gasteiger partial charge >= 0.3 is 5.97 Å². The van der Waals surface area contributed by atoms with Crippen molar-refractivity contribution >= 4 is 23.6 Å². The number of piperidine rings is 1. The molecule has 3 rings (SSSR count). The summed E-state index contributed by atoms with van der Waals surface area (Å²) >= 11 is 1.68. The number of rotatable bonds is 5. The van der Waals surface area contributed by atoms with Crippen LogP contribution in [0.15, 0.2) is 59.5 Å². The monoisotopic (exact) mass is 383 g/mol. The van der Waals surface area contributed by atoms with Gasteiger partial charge in [0.1, 0.15) is 6.61 Å². The highest BCUT2D eigenvalue weighted by molar-refractivity contribution is 7.98. The summed E-state index contributed by atoms with van der Waals surface area (Å²) in [7, 11) is 0. The summed E-state index contributed by atoms with van der Waals surface area (Å²) in [5.74, 6) is -0.148. The lowest BCUT2D eigenvalue weighted by Gasteiger charge is -2.40. The Morgan fingerprint density at radius 1 is 1.04 bits per heavy atom. The smallest absolute Gasteiger partial charge is 0.317 e. The number of esters is 1. The highest BCUT2D eigenvalue weighted by atomic mass is 32.2. The van der Waals surface area contributed by atoms with Gasteiger partial charge in [0.2, 0.25) is 5.91 Å². The molecule has 0 bridgehead atoms. The molecule has 1 amide bonds. The summed E-state index contributed by atoms with van der Waals surface area (Å²) in [4.78, 5) is 27.8. The Labute approximate surface area is 164 Å². The molecule has 27 heavy (non-hydrogen) atoms. The summed E-state index contributed by atoms with van der Waals surface area (Å²) in [5.41, 5.74) is 1.26. The lowest BCUT2D eigenvalue weighted by atomic mass is 9.72. The number of ether oxygens (including phenoxy) is 1. The van der Waals surface area contributed by atoms with E-state index in [9.17, 15) is 9.59 Å². The topological polar surface area (TPSA) is 46.6 Å². The standard InChI is InChI=1S/C22H25NO3S/c1-17(24)23-14-12-22(13-15-23,19-6-4-3-5-7-19)21(25)26-16-18-8-10-20(27-2)11-9-18/h3-11H,12-16H2,1-2H3. The Kier molecular flexibility index (Phi) is 6.22. The van der Waals surface area contributed by atoms with Crippen LogP contribution in [0.5, 0.6) is 0 Å². The zero-order valence-electron chi connectivity index (χ0n) is 15.8. The third-order valence-corrected chi connectivity index (χ3v) is 6.05. The fourth-order valence-electron chi connectivity index (χ4n) is 3.58. The van der Waals surface area contributed by atoms with E-state index in [1.165, 1.54) is 4.90 Å². The molecule has 1 aliphatic rings. The number of carbonyl (C=O) groups excluding carboxylic acids is 2. The number of benzene rings is 2. The molecular formula is C22H25NO3S. The van der Waals surface area contributed by atoms with Crippen LogP contribution in [0.1, 0.15) is 30.9 Å². The first kappa shape index (κ1) is 19.5. The second kappa shape index (κ2) is 8.61. The minimum absolute atomic E-state index is 0.0545. The maximum Gasteiger partial charge on any atom is 0.317 e. The van der Waals surface area contributed by atoms with Crippen molar-refractivity contribution in [2.75, 3.05) is 19.3 Å². The van der Waals surface area contributed by atoms with Crippen molar-refractivity contribution in [1.29, 1.82) is 0 Å². The van der Waals surface area contributed by atoms with E-state index >= 15 is 0 Å². The van der Waals surface area contributed by atoms with E-state index in [1.807, 2.05) is 60.9 Å². The van der Waals surface area contributed by atoms with Gasteiger partial charge in [0, 0.05) is 24.9 Å². The van der Waals surface area contributed by atoms with Gasteiger partial charge in [-0.25, -0.2) is 0 Å². The average Bonchev–Trinajstić information content (AvgIpc) is 2.73. The van der Waals surface area contributed by atoms with Gasteiger partial charge in [-0.05, 0) is 42.4 Å². The largest absolute Gasteiger partial charge is 0.460 e. The molecule has 1 heterocycles. The molecule has 5 heteroatoms. The van der Waals surface area contributed by atoms with Crippen LogP contribution < -0.4 is 0 Å². The maximum atomic E-state index is 13.2. The van der Waals surface area contributed by atoms with Gasteiger partial charge in [-0.2, -0.15) is 0 Å². The summed E-state index contributed by atoms with van der Waals surface area (Å²) in [6.45, 7) is 2.98. The number of likely N-dealkylation sites (tertiary alicyclic amines) is 1. The first-order valence-electron chi connectivity index (χ1n) is 9.16. The lowest BCUT2D eigenvalue weighted by molar-refractivity contribution is -0.155. The van der Waals surface area contributed by atoms with E-state index in [0.717, 1.165) is 11.1 Å². The van der Waals surface area contributed by atoms with Gasteiger partial charge in [0.15, 0.2) is 0 Å². The lowest BCUT2D eigenvalue weighted by Crippen LogP contribution is -2.49. The highest BCUT2D eigenvalue weighted by Gasteiger charge is 2.44. The van der Waals surface area contributed by atoms with E-state index in [-0.39, 0.29) is 18.5 Å². The second-order valence-electron chi connectivity index (χ2n) is 6.88. The Morgan fingerprint density at radius 3 is 2.22 bits per heavy atom. The molecule has 2 aromatic carbocycles. The molecule has 0 N–H and O–H groups in total. The fourth-order valence-corrected chi connectivity index (χ4v) is 3.99. The van der Waals surface area contributed by atoms with Crippen LogP contribution in [-0.2, 0) is 26.3 Å². The van der Waals surface area contributed by atoms with Crippen LogP contribution in [0.3, 0.4) is 0 Å². The first-order valence-corrected chi connectivity index (χ1v) is 10.4. The summed E-state index contributed by atoms with van der Waals surface area (Å²) in [6, 6.07) is 17.9. The van der Waals surface area contributed by atoms with Crippen molar-refractivity contribution in [3.05, 3.63) is 65.7 Å². The fraction of sp³-hybridized carbons (Fsp3) is 0.364. The number of hydrogen-bond donors (Lipinski definition) is 0. The molecule has 0 saturated carbocycles.